The van der Waals surface area contributed by atoms with Crippen LogP contribution >= 0.6 is 23.2 Å². The van der Waals surface area contributed by atoms with Gasteiger partial charge in [-0.15, -0.1) is 0 Å². The molecule has 0 bridgehead atoms. The van der Waals surface area contributed by atoms with Gasteiger partial charge in [0.05, 0.1) is 17.2 Å². The number of hydrogen-bond donors (Lipinski definition) is 0. The molecule has 1 saturated heterocycles. The van der Waals surface area contributed by atoms with E-state index in [-0.39, 0.29) is 24.7 Å². The van der Waals surface area contributed by atoms with E-state index >= 15 is 0 Å². The van der Waals surface area contributed by atoms with Crippen molar-refractivity contribution in [2.45, 2.75) is 26.1 Å². The highest BCUT2D eigenvalue weighted by molar-refractivity contribution is 6.42. The maximum absolute atomic E-state index is 12.1. The molecule has 2 atom stereocenters. The molecule has 1 heterocycles. The summed E-state index contributed by atoms with van der Waals surface area (Å²) in [6.07, 6.45) is 0.0786. The zero-order valence-corrected chi connectivity index (χ0v) is 12.9. The normalized spacial score (nSPS) is 22.7. The van der Waals surface area contributed by atoms with E-state index in [4.69, 9.17) is 32.7 Å². The lowest BCUT2D eigenvalue weighted by Gasteiger charge is -2.35. The van der Waals surface area contributed by atoms with Crippen LogP contribution in [0.1, 0.15) is 13.8 Å². The monoisotopic (exact) mass is 317 g/mol. The quantitative estimate of drug-likeness (QED) is 0.860. The van der Waals surface area contributed by atoms with E-state index in [1.54, 1.807) is 23.1 Å². The van der Waals surface area contributed by atoms with Crippen molar-refractivity contribution >= 4 is 29.1 Å². The van der Waals surface area contributed by atoms with Gasteiger partial charge in [-0.25, -0.2) is 0 Å². The Hall–Kier alpha value is -0.970. The van der Waals surface area contributed by atoms with Gasteiger partial charge in [0.2, 0.25) is 0 Å². The molecule has 1 aromatic rings. The molecule has 4 nitrogen and oxygen atoms in total. The van der Waals surface area contributed by atoms with Crippen molar-refractivity contribution in [1.82, 2.24) is 4.90 Å². The van der Waals surface area contributed by atoms with E-state index in [1.165, 1.54) is 0 Å². The molecule has 1 aliphatic heterocycles. The molecule has 0 radical (unpaired) electrons. The molecule has 0 saturated carbocycles. The Morgan fingerprint density at radius 1 is 1.35 bits per heavy atom. The maximum Gasteiger partial charge on any atom is 0.260 e. The molecule has 110 valence electrons. The highest BCUT2D eigenvalue weighted by Crippen LogP contribution is 2.31. The Bertz CT molecular complexity index is 485. The van der Waals surface area contributed by atoms with E-state index in [9.17, 15) is 4.79 Å². The van der Waals surface area contributed by atoms with Gasteiger partial charge in [-0.3, -0.25) is 4.79 Å². The maximum atomic E-state index is 12.1. The van der Waals surface area contributed by atoms with E-state index in [0.29, 0.717) is 28.9 Å². The second-order valence-corrected chi connectivity index (χ2v) is 5.68. The number of benzene rings is 1. The number of amides is 1. The minimum atomic E-state index is -0.0805. The van der Waals surface area contributed by atoms with Gasteiger partial charge in [-0.05, 0) is 26.0 Å². The van der Waals surface area contributed by atoms with Gasteiger partial charge >= 0.3 is 0 Å². The van der Waals surface area contributed by atoms with Crippen molar-refractivity contribution in [2.75, 3.05) is 19.7 Å². The lowest BCUT2D eigenvalue weighted by atomic mass is 10.2. The number of nitrogens with zero attached hydrogens (tertiary/aromatic N) is 1. The molecule has 1 fully saturated rings. The van der Waals surface area contributed by atoms with E-state index in [2.05, 4.69) is 0 Å². The van der Waals surface area contributed by atoms with Crippen LogP contribution in [0.2, 0.25) is 10.0 Å². The first-order chi connectivity index (χ1) is 9.47. The average molecular weight is 318 g/mol. The molecule has 2 rings (SSSR count). The SMILES string of the molecule is CC1CN(C(=O)COc2cccc(Cl)c2Cl)CC(C)O1. The fourth-order valence-corrected chi connectivity index (χ4v) is 2.55. The third kappa shape index (κ3) is 3.78. The highest BCUT2D eigenvalue weighted by Gasteiger charge is 2.26. The number of ether oxygens (including phenoxy) is 2. The summed E-state index contributed by atoms with van der Waals surface area (Å²) in [4.78, 5) is 13.9. The average Bonchev–Trinajstić information content (AvgIpc) is 2.39. The second-order valence-electron chi connectivity index (χ2n) is 4.90. The highest BCUT2D eigenvalue weighted by atomic mass is 35.5. The third-order valence-electron chi connectivity index (χ3n) is 3.04. The van der Waals surface area contributed by atoms with Crippen LogP contribution in [0.15, 0.2) is 18.2 Å². The largest absolute Gasteiger partial charge is 0.482 e. The van der Waals surface area contributed by atoms with Gasteiger partial charge in [0.1, 0.15) is 10.8 Å². The minimum absolute atomic E-state index is 0.0393. The fourth-order valence-electron chi connectivity index (χ4n) is 2.21. The Balaban J connectivity index is 1.93. The van der Waals surface area contributed by atoms with Crippen LogP contribution in [0.4, 0.5) is 0 Å². The van der Waals surface area contributed by atoms with Crippen LogP contribution in [0.25, 0.3) is 0 Å². The number of halogens is 2. The van der Waals surface area contributed by atoms with Gasteiger partial charge in [0.25, 0.3) is 5.91 Å². The molecule has 20 heavy (non-hydrogen) atoms. The van der Waals surface area contributed by atoms with Crippen molar-refractivity contribution in [3.63, 3.8) is 0 Å². The van der Waals surface area contributed by atoms with Crippen LogP contribution in [-0.2, 0) is 9.53 Å². The zero-order valence-electron chi connectivity index (χ0n) is 11.4. The standard InChI is InChI=1S/C14H17Cl2NO3/c1-9-6-17(7-10(2)20-9)13(18)8-19-12-5-3-4-11(15)14(12)16/h3-5,9-10H,6-8H2,1-2H3. The van der Waals surface area contributed by atoms with Gasteiger partial charge in [0.15, 0.2) is 6.61 Å². The van der Waals surface area contributed by atoms with Crippen LogP contribution in [0, 0.1) is 0 Å². The van der Waals surface area contributed by atoms with Gasteiger partial charge in [-0.2, -0.15) is 0 Å². The molecule has 0 aliphatic carbocycles. The number of morpholine rings is 1. The Labute approximate surface area is 128 Å². The molecule has 1 aromatic carbocycles. The number of hydrogen-bond acceptors (Lipinski definition) is 3. The molecule has 0 aromatic heterocycles. The van der Waals surface area contributed by atoms with E-state index < -0.39 is 0 Å². The number of rotatable bonds is 3. The smallest absolute Gasteiger partial charge is 0.260 e. The predicted molar refractivity (Wildman–Crippen MR) is 78.5 cm³/mol. The van der Waals surface area contributed by atoms with Crippen molar-refractivity contribution in [2.24, 2.45) is 0 Å². The Morgan fingerprint density at radius 2 is 2.00 bits per heavy atom. The lowest BCUT2D eigenvalue weighted by molar-refractivity contribution is -0.145. The summed E-state index contributed by atoms with van der Waals surface area (Å²) in [5, 5.41) is 0.732. The molecular weight excluding hydrogens is 301 g/mol. The second kappa shape index (κ2) is 6.66. The molecule has 0 spiro atoms. The molecule has 6 heteroatoms. The van der Waals surface area contributed by atoms with Crippen molar-refractivity contribution in [3.05, 3.63) is 28.2 Å². The van der Waals surface area contributed by atoms with Crippen LogP contribution in [-0.4, -0.2) is 42.7 Å². The molecule has 1 aliphatic rings. The zero-order chi connectivity index (χ0) is 14.7. The van der Waals surface area contributed by atoms with Gasteiger partial charge in [0, 0.05) is 13.1 Å². The van der Waals surface area contributed by atoms with Crippen LogP contribution in [0.3, 0.4) is 0 Å². The van der Waals surface area contributed by atoms with Gasteiger partial charge < -0.3 is 14.4 Å². The predicted octanol–water partition coefficient (Wildman–Crippen LogP) is 3.01. The van der Waals surface area contributed by atoms with Gasteiger partial charge in [-0.1, -0.05) is 29.3 Å². The molecule has 2 unspecified atom stereocenters. The molecular formula is C14H17Cl2NO3. The first-order valence-electron chi connectivity index (χ1n) is 6.47. The summed E-state index contributed by atoms with van der Waals surface area (Å²) in [5.41, 5.74) is 0. The molecule has 1 amide bonds. The summed E-state index contributed by atoms with van der Waals surface area (Å²) in [5.74, 6) is 0.338. The summed E-state index contributed by atoms with van der Waals surface area (Å²) in [6, 6.07) is 5.09. The van der Waals surface area contributed by atoms with Crippen LogP contribution in [0.5, 0.6) is 5.75 Å². The van der Waals surface area contributed by atoms with E-state index in [1.807, 2.05) is 13.8 Å². The van der Waals surface area contributed by atoms with Crippen molar-refractivity contribution in [3.8, 4) is 5.75 Å². The Kier molecular flexibility index (Phi) is 5.13. The molecule has 0 N–H and O–H groups in total. The van der Waals surface area contributed by atoms with Crippen LogP contribution < -0.4 is 4.74 Å². The number of carbonyl (C=O) groups is 1. The van der Waals surface area contributed by atoms with Crippen molar-refractivity contribution < 1.29 is 14.3 Å². The fraction of sp³-hybridized carbons (Fsp3) is 0.500. The summed E-state index contributed by atoms with van der Waals surface area (Å²) < 4.78 is 11.0. The minimum Gasteiger partial charge on any atom is -0.482 e. The third-order valence-corrected chi connectivity index (χ3v) is 3.84. The first kappa shape index (κ1) is 15.4. The number of carbonyl (C=O) groups excluding carboxylic acids is 1. The van der Waals surface area contributed by atoms with Crippen molar-refractivity contribution in [1.29, 1.82) is 0 Å². The summed E-state index contributed by atoms with van der Waals surface area (Å²) >= 11 is 11.9. The Morgan fingerprint density at radius 3 is 2.65 bits per heavy atom. The first-order valence-corrected chi connectivity index (χ1v) is 7.23. The lowest BCUT2D eigenvalue weighted by Crippen LogP contribution is -2.49. The summed E-state index contributed by atoms with van der Waals surface area (Å²) in [7, 11) is 0. The topological polar surface area (TPSA) is 38.8 Å². The summed E-state index contributed by atoms with van der Waals surface area (Å²) in [6.45, 7) is 5.00. The van der Waals surface area contributed by atoms with E-state index in [0.717, 1.165) is 0 Å².